The number of nitrogens with one attached hydrogen (secondary N) is 2. The summed E-state index contributed by atoms with van der Waals surface area (Å²) in [5.41, 5.74) is 2.74. The van der Waals surface area contributed by atoms with Crippen molar-refractivity contribution >= 4 is 28.7 Å². The van der Waals surface area contributed by atoms with Crippen LogP contribution >= 0.6 is 0 Å². The van der Waals surface area contributed by atoms with Crippen LogP contribution in [0.1, 0.15) is 31.1 Å². The number of aryl methyl sites for hydroxylation is 1. The van der Waals surface area contributed by atoms with Crippen LogP contribution in [0.25, 0.3) is 10.9 Å². The summed E-state index contributed by atoms with van der Waals surface area (Å²) in [5.74, 6) is 0.311. The van der Waals surface area contributed by atoms with Gasteiger partial charge in [-0.25, -0.2) is 14.0 Å². The maximum Gasteiger partial charge on any atom is 0.322 e. The van der Waals surface area contributed by atoms with Gasteiger partial charge in [0, 0.05) is 55.6 Å². The Morgan fingerprint density at radius 3 is 2.46 bits per heavy atom. The first-order valence-corrected chi connectivity index (χ1v) is 12.3. The number of hydrogen-bond acceptors (Lipinski definition) is 4. The summed E-state index contributed by atoms with van der Waals surface area (Å²) in [5, 5.41) is 17.3. The third kappa shape index (κ3) is 4.15. The second kappa shape index (κ2) is 9.26. The van der Waals surface area contributed by atoms with Crippen molar-refractivity contribution in [1.82, 2.24) is 19.7 Å². The summed E-state index contributed by atoms with van der Waals surface area (Å²) in [6.07, 6.45) is 0. The van der Waals surface area contributed by atoms with Crippen molar-refractivity contribution in [3.05, 3.63) is 59.5 Å². The molecule has 1 atom stereocenters. The fourth-order valence-electron chi connectivity index (χ4n) is 5.72. The molecule has 3 heterocycles. The van der Waals surface area contributed by atoms with Gasteiger partial charge in [-0.2, -0.15) is 0 Å². The van der Waals surface area contributed by atoms with Crippen LogP contribution in [0.4, 0.5) is 19.7 Å². The summed E-state index contributed by atoms with van der Waals surface area (Å²) in [4.78, 5) is 29.7. The van der Waals surface area contributed by atoms with E-state index in [1.165, 1.54) is 24.3 Å². The average molecular weight is 510 g/mol. The van der Waals surface area contributed by atoms with E-state index >= 15 is 0 Å². The van der Waals surface area contributed by atoms with E-state index in [4.69, 9.17) is 4.74 Å². The van der Waals surface area contributed by atoms with Crippen molar-refractivity contribution in [2.75, 3.05) is 38.7 Å². The molecule has 5 rings (SSSR count). The molecule has 196 valence electrons. The van der Waals surface area contributed by atoms with Gasteiger partial charge in [-0.15, -0.1) is 0 Å². The van der Waals surface area contributed by atoms with Crippen molar-refractivity contribution in [2.45, 2.75) is 31.3 Å². The molecule has 1 saturated heterocycles. The van der Waals surface area contributed by atoms with Crippen LogP contribution in [-0.2, 0) is 12.5 Å². The second-order valence-corrected chi connectivity index (χ2v) is 10.2. The number of rotatable bonds is 4. The van der Waals surface area contributed by atoms with E-state index in [-0.39, 0.29) is 18.7 Å². The molecule has 0 radical (unpaired) electrons. The molecule has 3 aromatic rings. The number of fused-ring (bicyclic) bond motifs is 4. The summed E-state index contributed by atoms with van der Waals surface area (Å²) in [7, 11) is 3.53. The molecule has 37 heavy (non-hydrogen) atoms. The normalized spacial score (nSPS) is 18.1. The number of benzene rings is 2. The predicted molar refractivity (Wildman–Crippen MR) is 138 cm³/mol. The van der Waals surface area contributed by atoms with E-state index in [2.05, 4.69) is 10.6 Å². The van der Waals surface area contributed by atoms with Crippen molar-refractivity contribution in [3.8, 4) is 5.75 Å². The van der Waals surface area contributed by atoms with Crippen LogP contribution in [0.15, 0.2) is 42.5 Å². The number of anilines is 1. The zero-order valence-corrected chi connectivity index (χ0v) is 21.4. The lowest BCUT2D eigenvalue weighted by Crippen LogP contribution is -2.69. The highest BCUT2D eigenvalue weighted by Gasteiger charge is 2.55. The molecule has 2 aliphatic heterocycles. The lowest BCUT2D eigenvalue weighted by Gasteiger charge is -2.56. The highest BCUT2D eigenvalue weighted by Crippen LogP contribution is 2.49. The number of carbonyl (C=O) groups excluding carboxylic acids is 2. The van der Waals surface area contributed by atoms with E-state index in [0.717, 1.165) is 22.2 Å². The van der Waals surface area contributed by atoms with E-state index in [9.17, 15) is 19.1 Å². The maximum absolute atomic E-state index is 13.5. The minimum atomic E-state index is -0.608. The molecule has 2 aliphatic rings. The number of carbonyl (C=O) groups is 2. The number of aromatic nitrogens is 1. The second-order valence-electron chi connectivity index (χ2n) is 10.2. The first-order valence-electron chi connectivity index (χ1n) is 12.3. The highest BCUT2D eigenvalue weighted by molar-refractivity contribution is 5.93. The summed E-state index contributed by atoms with van der Waals surface area (Å²) < 4.78 is 20.8. The Hall–Kier alpha value is -3.79. The van der Waals surface area contributed by atoms with Gasteiger partial charge in [-0.05, 0) is 55.8 Å². The molecule has 10 heteroatoms. The van der Waals surface area contributed by atoms with Gasteiger partial charge >= 0.3 is 12.1 Å². The summed E-state index contributed by atoms with van der Waals surface area (Å²) in [6, 6.07) is 10.3. The molecule has 0 aliphatic carbocycles. The largest absolute Gasteiger partial charge is 0.497 e. The smallest absolute Gasteiger partial charge is 0.322 e. The molecular weight excluding hydrogens is 477 g/mol. The lowest BCUT2D eigenvalue weighted by atomic mass is 9.69. The molecule has 0 unspecified atom stereocenters. The molecule has 0 bridgehead atoms. The zero-order valence-electron chi connectivity index (χ0n) is 21.4. The number of urea groups is 2. The van der Waals surface area contributed by atoms with Crippen LogP contribution < -0.4 is 15.4 Å². The van der Waals surface area contributed by atoms with E-state index < -0.39 is 23.3 Å². The third-order valence-electron chi connectivity index (χ3n) is 7.36. The number of hydrogen-bond donors (Lipinski definition) is 3. The Labute approximate surface area is 214 Å². The first kappa shape index (κ1) is 24.9. The third-order valence-corrected chi connectivity index (χ3v) is 7.36. The monoisotopic (exact) mass is 509 g/mol. The number of methoxy groups -OCH3 is 1. The van der Waals surface area contributed by atoms with E-state index in [0.29, 0.717) is 31.1 Å². The fourth-order valence-corrected chi connectivity index (χ4v) is 5.72. The number of likely N-dealkylation sites (tertiary alicyclic amines) is 1. The topological polar surface area (TPSA) is 99.1 Å². The van der Waals surface area contributed by atoms with Crippen molar-refractivity contribution in [3.63, 3.8) is 0 Å². The molecule has 4 amide bonds. The minimum Gasteiger partial charge on any atom is -0.497 e. The Kier molecular flexibility index (Phi) is 6.23. The van der Waals surface area contributed by atoms with Gasteiger partial charge in [0.2, 0.25) is 0 Å². The van der Waals surface area contributed by atoms with Gasteiger partial charge in [0.1, 0.15) is 11.6 Å². The molecule has 1 spiro atoms. The Morgan fingerprint density at radius 2 is 1.84 bits per heavy atom. The molecule has 1 aromatic heterocycles. The number of amides is 4. The lowest BCUT2D eigenvalue weighted by molar-refractivity contribution is 0.0324. The molecule has 0 saturated carbocycles. The molecule has 9 nitrogen and oxygen atoms in total. The standard InChI is InChI=1S/C27H32FN5O4/c1-16(2)29-25(35)32-13-27(14-32)15-33(26(36)30-18-7-5-17(28)6-8-18)22(12-34)24-23(27)20-10-9-19(37-4)11-21(20)31(24)3/h5-11,16,22,34H,12-15H2,1-4H3,(H,29,35)(H,30,36)/t22-/m0/s1. The minimum absolute atomic E-state index is 0.00717. The molecule has 2 aromatic carbocycles. The van der Waals surface area contributed by atoms with Crippen LogP contribution in [0.5, 0.6) is 5.75 Å². The average Bonchev–Trinajstić information content (AvgIpc) is 3.14. The van der Waals surface area contributed by atoms with Gasteiger partial charge in [0.25, 0.3) is 0 Å². The van der Waals surface area contributed by atoms with Crippen LogP contribution in [-0.4, -0.2) is 70.9 Å². The number of nitrogens with zero attached hydrogens (tertiary/aromatic N) is 3. The van der Waals surface area contributed by atoms with Gasteiger partial charge in [0.15, 0.2) is 0 Å². The van der Waals surface area contributed by atoms with E-state index in [1.54, 1.807) is 16.9 Å². The number of ether oxygens (including phenoxy) is 1. The number of aliphatic hydroxyl groups is 1. The van der Waals surface area contributed by atoms with Crippen molar-refractivity contribution < 1.29 is 23.8 Å². The van der Waals surface area contributed by atoms with Crippen LogP contribution in [0.2, 0.25) is 0 Å². The quantitative estimate of drug-likeness (QED) is 0.501. The van der Waals surface area contributed by atoms with Crippen molar-refractivity contribution in [2.24, 2.45) is 7.05 Å². The summed E-state index contributed by atoms with van der Waals surface area (Å²) >= 11 is 0. The SMILES string of the molecule is COc1ccc2c3c(n(C)c2c1)[C@H](CO)N(C(=O)Nc1ccc(F)cc1)CC31CN(C(=O)NC(C)C)C1. The van der Waals surface area contributed by atoms with Crippen molar-refractivity contribution in [1.29, 1.82) is 0 Å². The summed E-state index contributed by atoms with van der Waals surface area (Å²) in [6.45, 7) is 4.73. The van der Waals surface area contributed by atoms with Gasteiger partial charge in [-0.1, -0.05) is 0 Å². The predicted octanol–water partition coefficient (Wildman–Crippen LogP) is 3.58. The van der Waals surface area contributed by atoms with Crippen LogP contribution in [0.3, 0.4) is 0 Å². The Balaban J connectivity index is 1.58. The molecular formula is C27H32FN5O4. The van der Waals surface area contributed by atoms with Crippen LogP contribution in [0, 0.1) is 5.82 Å². The fraction of sp³-hybridized carbons (Fsp3) is 0.407. The molecule has 1 fully saturated rings. The maximum atomic E-state index is 13.5. The van der Waals surface area contributed by atoms with E-state index in [1.807, 2.05) is 43.7 Å². The van der Waals surface area contributed by atoms with Gasteiger partial charge in [-0.3, -0.25) is 0 Å². The molecule has 3 N–H and O–H groups in total. The number of aliphatic hydroxyl groups excluding tert-OH is 1. The number of halogens is 1. The Bertz CT molecular complexity index is 1350. The Morgan fingerprint density at radius 1 is 1.14 bits per heavy atom. The van der Waals surface area contributed by atoms with Gasteiger partial charge < -0.3 is 34.8 Å². The zero-order chi connectivity index (χ0) is 26.5. The van der Waals surface area contributed by atoms with Gasteiger partial charge in [0.05, 0.1) is 30.7 Å². The first-order chi connectivity index (χ1) is 17.7. The highest BCUT2D eigenvalue weighted by atomic mass is 19.1.